The van der Waals surface area contributed by atoms with Crippen LogP contribution in [0.1, 0.15) is 45.8 Å². The Morgan fingerprint density at radius 3 is 2.43 bits per heavy atom. The third-order valence-corrected chi connectivity index (χ3v) is 3.27. The summed E-state index contributed by atoms with van der Waals surface area (Å²) < 4.78 is 0. The van der Waals surface area contributed by atoms with Crippen LogP contribution in [0.3, 0.4) is 0 Å². The van der Waals surface area contributed by atoms with Crippen molar-refractivity contribution in [2.45, 2.75) is 45.8 Å². The number of aliphatic hydroxyl groups is 1. The molecule has 0 spiro atoms. The molecule has 5 heteroatoms. The molecule has 1 unspecified atom stereocenters. The van der Waals surface area contributed by atoms with Gasteiger partial charge in [-0.15, -0.1) is 0 Å². The van der Waals surface area contributed by atoms with Gasteiger partial charge in [0.15, 0.2) is 5.96 Å². The van der Waals surface area contributed by atoms with E-state index in [0.29, 0.717) is 13.0 Å². The average Bonchev–Trinajstić information content (AvgIpc) is 2.51. The molecule has 0 bridgehead atoms. The predicted octanol–water partition coefficient (Wildman–Crippen LogP) is 2.05. The summed E-state index contributed by atoms with van der Waals surface area (Å²) in [6.45, 7) is 11.6. The molecule has 0 heterocycles. The van der Waals surface area contributed by atoms with Crippen LogP contribution in [0.15, 0.2) is 35.3 Å². The molecule has 0 saturated heterocycles. The maximum atomic E-state index is 10.1. The van der Waals surface area contributed by atoms with Crippen LogP contribution in [0, 0.1) is 0 Å². The van der Waals surface area contributed by atoms with Gasteiger partial charge in [-0.1, -0.05) is 30.3 Å². The van der Waals surface area contributed by atoms with Crippen molar-refractivity contribution < 1.29 is 5.11 Å². The van der Waals surface area contributed by atoms with Crippen LogP contribution in [0.5, 0.6) is 0 Å². The van der Waals surface area contributed by atoms with E-state index in [-0.39, 0.29) is 5.54 Å². The highest BCUT2D eigenvalue weighted by Crippen LogP contribution is 2.15. The summed E-state index contributed by atoms with van der Waals surface area (Å²) in [5, 5.41) is 20.1. The van der Waals surface area contributed by atoms with E-state index in [2.05, 4.69) is 41.7 Å². The van der Waals surface area contributed by atoms with Crippen molar-refractivity contribution in [2.24, 2.45) is 4.99 Å². The van der Waals surface area contributed by atoms with Crippen LogP contribution < -0.4 is 16.0 Å². The van der Waals surface area contributed by atoms with Gasteiger partial charge in [0.2, 0.25) is 0 Å². The second-order valence-electron chi connectivity index (χ2n) is 6.58. The number of nitrogens with zero attached hydrogens (tertiary/aromatic N) is 1. The number of nitrogens with one attached hydrogen (secondary N) is 3. The van der Waals surface area contributed by atoms with E-state index in [0.717, 1.165) is 31.2 Å². The summed E-state index contributed by atoms with van der Waals surface area (Å²) in [6.07, 6.45) is 0.145. The predicted molar refractivity (Wildman–Crippen MR) is 97.8 cm³/mol. The van der Waals surface area contributed by atoms with Gasteiger partial charge in [-0.05, 0) is 39.7 Å². The molecule has 5 nitrogen and oxygen atoms in total. The fourth-order valence-electron chi connectivity index (χ4n) is 2.10. The standard InChI is InChI=1S/C18H32N4O/c1-5-19-17(21-13-14-22-18(2,3)4)20-12-11-16(23)15-9-7-6-8-10-15/h6-10,16,22-23H,5,11-14H2,1-4H3,(H2,19,20,21). The van der Waals surface area contributed by atoms with Crippen molar-refractivity contribution in [3.63, 3.8) is 0 Å². The summed E-state index contributed by atoms with van der Waals surface area (Å²) in [5.74, 6) is 0.795. The Labute approximate surface area is 140 Å². The number of aliphatic imine (C=N–C) groups is 1. The Hall–Kier alpha value is -1.59. The maximum absolute atomic E-state index is 10.1. The van der Waals surface area contributed by atoms with Gasteiger partial charge in [-0.25, -0.2) is 0 Å². The molecule has 1 atom stereocenters. The molecule has 0 saturated carbocycles. The Morgan fingerprint density at radius 1 is 1.13 bits per heavy atom. The van der Waals surface area contributed by atoms with Gasteiger partial charge in [0.05, 0.1) is 6.10 Å². The van der Waals surface area contributed by atoms with Gasteiger partial charge in [0, 0.05) is 31.7 Å². The molecular weight excluding hydrogens is 288 g/mol. The molecule has 1 aromatic rings. The molecule has 0 aliphatic heterocycles. The highest BCUT2D eigenvalue weighted by atomic mass is 16.3. The van der Waals surface area contributed by atoms with Crippen molar-refractivity contribution in [3.05, 3.63) is 35.9 Å². The molecule has 23 heavy (non-hydrogen) atoms. The van der Waals surface area contributed by atoms with Crippen LogP contribution in [-0.4, -0.2) is 42.8 Å². The van der Waals surface area contributed by atoms with Crippen LogP contribution in [0.2, 0.25) is 0 Å². The summed E-state index contributed by atoms with van der Waals surface area (Å²) in [6, 6.07) is 9.71. The van der Waals surface area contributed by atoms with Crippen LogP contribution in [0.25, 0.3) is 0 Å². The van der Waals surface area contributed by atoms with Gasteiger partial charge in [-0.2, -0.15) is 0 Å². The molecule has 1 aromatic carbocycles. The zero-order valence-corrected chi connectivity index (χ0v) is 14.9. The molecule has 0 aliphatic carbocycles. The summed E-state index contributed by atoms with van der Waals surface area (Å²) in [4.78, 5) is 4.52. The molecule has 0 amide bonds. The lowest BCUT2D eigenvalue weighted by Gasteiger charge is -2.21. The molecular formula is C18H32N4O. The minimum absolute atomic E-state index is 0.122. The lowest BCUT2D eigenvalue weighted by Crippen LogP contribution is -2.44. The normalized spacial score (nSPS) is 13.7. The minimum Gasteiger partial charge on any atom is -0.388 e. The van der Waals surface area contributed by atoms with Crippen molar-refractivity contribution in [3.8, 4) is 0 Å². The Morgan fingerprint density at radius 2 is 1.83 bits per heavy atom. The van der Waals surface area contributed by atoms with Gasteiger partial charge >= 0.3 is 0 Å². The van der Waals surface area contributed by atoms with E-state index < -0.39 is 6.10 Å². The first-order valence-electron chi connectivity index (χ1n) is 8.42. The molecule has 130 valence electrons. The topological polar surface area (TPSA) is 68.7 Å². The first kappa shape index (κ1) is 19.5. The number of guanidine groups is 1. The van der Waals surface area contributed by atoms with Gasteiger partial charge in [0.1, 0.15) is 0 Å². The highest BCUT2D eigenvalue weighted by molar-refractivity contribution is 5.79. The largest absolute Gasteiger partial charge is 0.388 e. The van der Waals surface area contributed by atoms with Crippen molar-refractivity contribution >= 4 is 5.96 Å². The third-order valence-electron chi connectivity index (χ3n) is 3.27. The smallest absolute Gasteiger partial charge is 0.191 e. The summed E-state index contributed by atoms with van der Waals surface area (Å²) in [7, 11) is 0. The van der Waals surface area contributed by atoms with Crippen LogP contribution >= 0.6 is 0 Å². The number of rotatable bonds is 8. The zero-order chi connectivity index (χ0) is 17.1. The minimum atomic E-state index is -0.467. The fourth-order valence-corrected chi connectivity index (χ4v) is 2.10. The number of benzene rings is 1. The molecule has 0 aliphatic rings. The number of hydrogen-bond acceptors (Lipinski definition) is 3. The second-order valence-corrected chi connectivity index (χ2v) is 6.58. The summed E-state index contributed by atoms with van der Waals surface area (Å²) in [5.41, 5.74) is 1.06. The Kier molecular flexibility index (Phi) is 8.66. The first-order chi connectivity index (χ1) is 10.9. The second kappa shape index (κ2) is 10.2. The Bertz CT molecular complexity index is 454. The van der Waals surface area contributed by atoms with E-state index in [1.165, 1.54) is 0 Å². The van der Waals surface area contributed by atoms with Crippen molar-refractivity contribution in [2.75, 3.05) is 26.2 Å². The lowest BCUT2D eigenvalue weighted by atomic mass is 10.1. The third kappa shape index (κ3) is 9.21. The zero-order valence-electron chi connectivity index (χ0n) is 14.9. The van der Waals surface area contributed by atoms with Gasteiger partial charge in [-0.3, -0.25) is 4.99 Å². The molecule has 0 fully saturated rings. The quantitative estimate of drug-likeness (QED) is 0.336. The van der Waals surface area contributed by atoms with Crippen molar-refractivity contribution in [1.29, 1.82) is 0 Å². The fraction of sp³-hybridized carbons (Fsp3) is 0.611. The molecule has 1 rings (SSSR count). The monoisotopic (exact) mass is 320 g/mol. The van der Waals surface area contributed by atoms with Gasteiger partial charge in [0.25, 0.3) is 0 Å². The van der Waals surface area contributed by atoms with E-state index in [9.17, 15) is 5.11 Å². The van der Waals surface area contributed by atoms with E-state index in [4.69, 9.17) is 0 Å². The van der Waals surface area contributed by atoms with Gasteiger partial charge < -0.3 is 21.1 Å². The Balaban J connectivity index is 2.36. The molecule has 0 aromatic heterocycles. The first-order valence-corrected chi connectivity index (χ1v) is 8.42. The van der Waals surface area contributed by atoms with Crippen molar-refractivity contribution in [1.82, 2.24) is 16.0 Å². The van der Waals surface area contributed by atoms with E-state index in [1.54, 1.807) is 0 Å². The van der Waals surface area contributed by atoms with Crippen LogP contribution in [-0.2, 0) is 0 Å². The molecule has 0 radical (unpaired) electrons. The van der Waals surface area contributed by atoms with Crippen LogP contribution in [0.4, 0.5) is 0 Å². The summed E-state index contributed by atoms with van der Waals surface area (Å²) >= 11 is 0. The number of hydrogen-bond donors (Lipinski definition) is 4. The number of aliphatic hydroxyl groups excluding tert-OH is 1. The highest BCUT2D eigenvalue weighted by Gasteiger charge is 2.08. The average molecular weight is 320 g/mol. The maximum Gasteiger partial charge on any atom is 0.191 e. The van der Waals surface area contributed by atoms with E-state index >= 15 is 0 Å². The SMILES string of the molecule is CCNC(=NCCC(O)c1ccccc1)NCCNC(C)(C)C. The van der Waals surface area contributed by atoms with E-state index in [1.807, 2.05) is 37.3 Å². The lowest BCUT2D eigenvalue weighted by molar-refractivity contribution is 0.170. The molecule has 4 N–H and O–H groups in total.